The van der Waals surface area contributed by atoms with Gasteiger partial charge in [-0.3, -0.25) is 4.79 Å². The summed E-state index contributed by atoms with van der Waals surface area (Å²) in [6.07, 6.45) is 0. The average molecular weight is 220 g/mol. The van der Waals surface area contributed by atoms with Crippen LogP contribution < -0.4 is 5.73 Å². The maximum absolute atomic E-state index is 12.2. The Morgan fingerprint density at radius 2 is 1.62 bits per heavy atom. The van der Waals surface area contributed by atoms with Crippen molar-refractivity contribution >= 4 is 11.6 Å². The molecule has 0 bridgehead atoms. The molecular formula is C13H20N2O. The Bertz CT molecular complexity index is 372. The van der Waals surface area contributed by atoms with Crippen LogP contribution in [0.4, 0.5) is 5.69 Å². The molecule has 0 aliphatic heterocycles. The van der Waals surface area contributed by atoms with E-state index in [-0.39, 0.29) is 5.91 Å². The number of benzene rings is 1. The zero-order valence-corrected chi connectivity index (χ0v) is 10.5. The molecule has 1 aromatic rings. The Kier molecular flexibility index (Phi) is 3.93. The molecule has 0 aliphatic rings. The highest BCUT2D eigenvalue weighted by atomic mass is 16.2. The van der Waals surface area contributed by atoms with E-state index in [0.29, 0.717) is 5.69 Å². The zero-order chi connectivity index (χ0) is 12.3. The Labute approximate surface area is 97.2 Å². The molecule has 3 heteroatoms. The molecule has 1 rings (SSSR count). The number of nitrogens with two attached hydrogens (primary N) is 1. The third-order valence-electron chi connectivity index (χ3n) is 2.82. The maximum atomic E-state index is 12.2. The van der Waals surface area contributed by atoms with E-state index < -0.39 is 0 Å². The number of anilines is 1. The van der Waals surface area contributed by atoms with Crippen LogP contribution in [0.3, 0.4) is 0 Å². The van der Waals surface area contributed by atoms with Gasteiger partial charge in [0, 0.05) is 24.3 Å². The van der Waals surface area contributed by atoms with E-state index >= 15 is 0 Å². The molecule has 2 N–H and O–H groups in total. The van der Waals surface area contributed by atoms with Gasteiger partial charge in [0.15, 0.2) is 0 Å². The summed E-state index contributed by atoms with van der Waals surface area (Å²) in [5.74, 6) is 0.0972. The van der Waals surface area contributed by atoms with E-state index in [9.17, 15) is 4.79 Å². The monoisotopic (exact) mass is 220 g/mol. The molecule has 0 unspecified atom stereocenters. The molecule has 0 radical (unpaired) electrons. The lowest BCUT2D eigenvalue weighted by atomic mass is 10.0. The van der Waals surface area contributed by atoms with Gasteiger partial charge in [-0.15, -0.1) is 0 Å². The van der Waals surface area contributed by atoms with Gasteiger partial charge in [0.25, 0.3) is 5.91 Å². The molecule has 1 aromatic carbocycles. The van der Waals surface area contributed by atoms with Crippen molar-refractivity contribution in [3.05, 3.63) is 28.8 Å². The zero-order valence-electron chi connectivity index (χ0n) is 10.5. The number of carbonyl (C=O) groups excluding carboxylic acids is 1. The second-order valence-corrected chi connectivity index (χ2v) is 4.01. The fraction of sp³-hybridized carbons (Fsp3) is 0.462. The van der Waals surface area contributed by atoms with E-state index in [0.717, 1.165) is 29.8 Å². The summed E-state index contributed by atoms with van der Waals surface area (Å²) >= 11 is 0. The lowest BCUT2D eigenvalue weighted by molar-refractivity contribution is 0.0771. The standard InChI is InChI=1S/C13H20N2O/c1-5-15(6-2)13(16)12-9(3)7-11(14)8-10(12)4/h7-8H,5-6,14H2,1-4H3. The van der Waals surface area contributed by atoms with Crippen LogP contribution in [0.2, 0.25) is 0 Å². The minimum absolute atomic E-state index is 0.0972. The molecule has 0 aliphatic carbocycles. The number of nitrogens with zero attached hydrogens (tertiary/aromatic N) is 1. The predicted octanol–water partition coefficient (Wildman–Crippen LogP) is 2.37. The van der Waals surface area contributed by atoms with Crippen LogP contribution in [0.25, 0.3) is 0 Å². The largest absolute Gasteiger partial charge is 0.399 e. The summed E-state index contributed by atoms with van der Waals surface area (Å²) in [6.45, 7) is 9.31. The van der Waals surface area contributed by atoms with Crippen LogP contribution in [0.5, 0.6) is 0 Å². The molecule has 0 saturated carbocycles. The minimum Gasteiger partial charge on any atom is -0.399 e. The van der Waals surface area contributed by atoms with Crippen molar-refractivity contribution < 1.29 is 4.79 Å². The van der Waals surface area contributed by atoms with Crippen molar-refractivity contribution in [1.82, 2.24) is 4.90 Å². The Morgan fingerprint density at radius 3 is 2.00 bits per heavy atom. The third kappa shape index (κ3) is 2.35. The molecular weight excluding hydrogens is 200 g/mol. The van der Waals surface area contributed by atoms with Crippen molar-refractivity contribution in [3.63, 3.8) is 0 Å². The van der Waals surface area contributed by atoms with E-state index in [1.807, 2.05) is 44.7 Å². The molecule has 0 atom stereocenters. The highest BCUT2D eigenvalue weighted by Gasteiger charge is 2.17. The molecule has 0 fully saturated rings. The van der Waals surface area contributed by atoms with Gasteiger partial charge in [-0.05, 0) is 51.0 Å². The SMILES string of the molecule is CCN(CC)C(=O)c1c(C)cc(N)cc1C. The average Bonchev–Trinajstić information content (AvgIpc) is 2.17. The second kappa shape index (κ2) is 5.01. The maximum Gasteiger partial charge on any atom is 0.254 e. The number of nitrogen functional groups attached to an aromatic ring is 1. The summed E-state index contributed by atoms with van der Waals surface area (Å²) in [4.78, 5) is 14.1. The van der Waals surface area contributed by atoms with Crippen LogP contribution in [-0.2, 0) is 0 Å². The summed E-state index contributed by atoms with van der Waals surface area (Å²) in [7, 11) is 0. The fourth-order valence-corrected chi connectivity index (χ4v) is 2.00. The second-order valence-electron chi connectivity index (χ2n) is 4.01. The van der Waals surface area contributed by atoms with E-state index in [2.05, 4.69) is 0 Å². The summed E-state index contributed by atoms with van der Waals surface area (Å²) in [5.41, 5.74) is 9.15. The number of carbonyl (C=O) groups is 1. The van der Waals surface area contributed by atoms with Crippen molar-refractivity contribution in [2.24, 2.45) is 0 Å². The van der Waals surface area contributed by atoms with Crippen molar-refractivity contribution in [2.75, 3.05) is 18.8 Å². The van der Waals surface area contributed by atoms with Crippen LogP contribution in [0, 0.1) is 13.8 Å². The van der Waals surface area contributed by atoms with Gasteiger partial charge in [-0.2, -0.15) is 0 Å². The number of amides is 1. The normalized spacial score (nSPS) is 10.2. The predicted molar refractivity (Wildman–Crippen MR) is 67.6 cm³/mol. The van der Waals surface area contributed by atoms with E-state index in [1.54, 1.807) is 0 Å². The number of aryl methyl sites for hydroxylation is 2. The van der Waals surface area contributed by atoms with Crippen LogP contribution in [-0.4, -0.2) is 23.9 Å². The molecule has 0 aromatic heterocycles. The summed E-state index contributed by atoms with van der Waals surface area (Å²) in [6, 6.07) is 3.70. The van der Waals surface area contributed by atoms with Crippen LogP contribution in [0.15, 0.2) is 12.1 Å². The summed E-state index contributed by atoms with van der Waals surface area (Å²) < 4.78 is 0. The van der Waals surface area contributed by atoms with Crippen molar-refractivity contribution in [3.8, 4) is 0 Å². The molecule has 88 valence electrons. The van der Waals surface area contributed by atoms with E-state index in [1.165, 1.54) is 0 Å². The van der Waals surface area contributed by atoms with Crippen LogP contribution >= 0.6 is 0 Å². The number of rotatable bonds is 3. The quantitative estimate of drug-likeness (QED) is 0.795. The van der Waals surface area contributed by atoms with Gasteiger partial charge in [0.1, 0.15) is 0 Å². The first-order valence-electron chi connectivity index (χ1n) is 5.67. The Hall–Kier alpha value is -1.51. The first kappa shape index (κ1) is 12.6. The van der Waals surface area contributed by atoms with Crippen molar-refractivity contribution in [2.45, 2.75) is 27.7 Å². The molecule has 16 heavy (non-hydrogen) atoms. The smallest absolute Gasteiger partial charge is 0.254 e. The van der Waals surface area contributed by atoms with Gasteiger partial charge < -0.3 is 10.6 Å². The highest BCUT2D eigenvalue weighted by molar-refractivity contribution is 5.97. The Morgan fingerprint density at radius 1 is 1.19 bits per heavy atom. The topological polar surface area (TPSA) is 46.3 Å². The first-order chi connectivity index (χ1) is 7.51. The van der Waals surface area contributed by atoms with Gasteiger partial charge >= 0.3 is 0 Å². The van der Waals surface area contributed by atoms with Gasteiger partial charge in [-0.25, -0.2) is 0 Å². The number of hydrogen-bond acceptors (Lipinski definition) is 2. The molecule has 0 heterocycles. The van der Waals surface area contributed by atoms with Gasteiger partial charge in [-0.1, -0.05) is 0 Å². The third-order valence-corrected chi connectivity index (χ3v) is 2.82. The lowest BCUT2D eigenvalue weighted by Gasteiger charge is -2.21. The molecule has 0 saturated heterocycles. The van der Waals surface area contributed by atoms with Crippen LogP contribution in [0.1, 0.15) is 35.3 Å². The van der Waals surface area contributed by atoms with Gasteiger partial charge in [0.2, 0.25) is 0 Å². The highest BCUT2D eigenvalue weighted by Crippen LogP contribution is 2.19. The molecule has 0 spiro atoms. The molecule has 1 amide bonds. The molecule has 3 nitrogen and oxygen atoms in total. The first-order valence-corrected chi connectivity index (χ1v) is 5.67. The lowest BCUT2D eigenvalue weighted by Crippen LogP contribution is -2.31. The van der Waals surface area contributed by atoms with E-state index in [4.69, 9.17) is 5.73 Å². The van der Waals surface area contributed by atoms with Crippen molar-refractivity contribution in [1.29, 1.82) is 0 Å². The van der Waals surface area contributed by atoms with Gasteiger partial charge in [0.05, 0.1) is 0 Å². The summed E-state index contributed by atoms with van der Waals surface area (Å²) in [5, 5.41) is 0. The minimum atomic E-state index is 0.0972. The Balaban J connectivity index is 3.18. The number of hydrogen-bond donors (Lipinski definition) is 1. The fourth-order valence-electron chi connectivity index (χ4n) is 2.00.